The van der Waals surface area contributed by atoms with Crippen LogP contribution in [0.3, 0.4) is 0 Å². The minimum absolute atomic E-state index is 0.130. The molecular formula is C9H20N2OSi. The highest BCUT2D eigenvalue weighted by Crippen LogP contribution is 2.06. The maximum atomic E-state index is 11.2. The summed E-state index contributed by atoms with van der Waals surface area (Å²) in [6, 6.07) is 0. The van der Waals surface area contributed by atoms with E-state index in [1.807, 2.05) is 18.6 Å². The zero-order valence-corrected chi connectivity index (χ0v) is 10.5. The van der Waals surface area contributed by atoms with Crippen molar-refractivity contribution in [3.8, 4) is 0 Å². The van der Waals surface area contributed by atoms with Crippen LogP contribution in [0.2, 0.25) is 19.6 Å². The summed E-state index contributed by atoms with van der Waals surface area (Å²) in [7, 11) is 0.555. The van der Waals surface area contributed by atoms with Gasteiger partial charge in [0, 0.05) is 13.5 Å². The van der Waals surface area contributed by atoms with Crippen LogP contribution in [-0.4, -0.2) is 31.5 Å². The summed E-state index contributed by atoms with van der Waals surface area (Å²) >= 11 is 0. The molecule has 0 bridgehead atoms. The van der Waals surface area contributed by atoms with Crippen LogP contribution >= 0.6 is 0 Å². The summed E-state index contributed by atoms with van der Waals surface area (Å²) in [6.45, 7) is 10.2. The molecule has 0 rings (SSSR count). The topological polar surface area (TPSA) is 32.7 Å². The average molecular weight is 200 g/mol. The Kier molecular flexibility index (Phi) is 4.33. The lowest BCUT2D eigenvalue weighted by atomic mass is 10.2. The molecular weight excluding hydrogens is 180 g/mol. The molecule has 0 radical (unpaired) electrons. The molecule has 0 aliphatic carbocycles. The quantitative estimate of drug-likeness (QED) is 0.395. The first-order valence-corrected chi connectivity index (χ1v) is 8.06. The minimum atomic E-state index is -1.39. The molecule has 0 amide bonds. The van der Waals surface area contributed by atoms with Crippen LogP contribution in [-0.2, 0) is 4.79 Å². The molecule has 0 saturated heterocycles. The molecule has 0 saturated carbocycles. The third-order valence-electron chi connectivity index (χ3n) is 2.00. The van der Waals surface area contributed by atoms with Gasteiger partial charge in [-0.15, -0.1) is 0 Å². The third-order valence-corrected chi connectivity index (χ3v) is 4.04. The lowest BCUT2D eigenvalue weighted by molar-refractivity contribution is -0.112. The molecule has 0 aromatic heterocycles. The van der Waals surface area contributed by atoms with Gasteiger partial charge in [0.25, 0.3) is 0 Å². The first kappa shape index (κ1) is 12.4. The van der Waals surface area contributed by atoms with Gasteiger partial charge in [0.2, 0.25) is 0 Å². The largest absolute Gasteiger partial charge is 0.327 e. The van der Waals surface area contributed by atoms with E-state index in [9.17, 15) is 4.79 Å². The minimum Gasteiger partial charge on any atom is -0.327 e. The molecule has 76 valence electrons. The van der Waals surface area contributed by atoms with Crippen molar-refractivity contribution >= 4 is 19.7 Å². The Balaban J connectivity index is 4.48. The fraction of sp³-hybridized carbons (Fsp3) is 0.778. The van der Waals surface area contributed by atoms with Crippen molar-refractivity contribution in [2.45, 2.75) is 39.9 Å². The van der Waals surface area contributed by atoms with E-state index in [2.05, 4.69) is 24.7 Å². The molecule has 13 heavy (non-hydrogen) atoms. The predicted octanol–water partition coefficient (Wildman–Crippen LogP) is 2.11. The van der Waals surface area contributed by atoms with E-state index in [0.717, 1.165) is 0 Å². The molecule has 0 atom stereocenters. The monoisotopic (exact) mass is 200 g/mol. The highest BCUT2D eigenvalue weighted by molar-refractivity contribution is 6.73. The molecule has 3 nitrogen and oxygen atoms in total. The van der Waals surface area contributed by atoms with Crippen molar-refractivity contribution in [1.82, 2.24) is 4.67 Å². The second-order valence-corrected chi connectivity index (χ2v) is 9.15. The number of hydrogen-bond donors (Lipinski definition) is 0. The van der Waals surface area contributed by atoms with Crippen molar-refractivity contribution < 1.29 is 4.79 Å². The highest BCUT2D eigenvalue weighted by atomic mass is 28.3. The standard InChI is InChI=1S/C9H20N2OSi/c1-7-9(12)8(2)10-11(3)13(4,5)6/h7H2,1-6H3/b10-8+. The van der Waals surface area contributed by atoms with Gasteiger partial charge in [0.1, 0.15) is 0 Å². The molecule has 0 aromatic carbocycles. The second-order valence-electron chi connectivity index (χ2n) is 4.16. The number of hydrogen-bond acceptors (Lipinski definition) is 3. The van der Waals surface area contributed by atoms with Gasteiger partial charge < -0.3 is 4.67 Å². The molecule has 0 unspecified atom stereocenters. The van der Waals surface area contributed by atoms with Crippen molar-refractivity contribution in [2.75, 3.05) is 7.05 Å². The predicted molar refractivity (Wildman–Crippen MR) is 59.5 cm³/mol. The summed E-state index contributed by atoms with van der Waals surface area (Å²) in [4.78, 5) is 11.2. The van der Waals surface area contributed by atoms with Gasteiger partial charge in [0.05, 0.1) is 5.71 Å². The molecule has 0 aromatic rings. The Morgan fingerprint density at radius 2 is 1.85 bits per heavy atom. The zero-order chi connectivity index (χ0) is 10.6. The normalized spacial score (nSPS) is 12.9. The molecule has 0 fully saturated rings. The second kappa shape index (κ2) is 4.55. The Morgan fingerprint density at radius 3 is 2.15 bits per heavy atom. The van der Waals surface area contributed by atoms with E-state index < -0.39 is 8.24 Å². The average Bonchev–Trinajstić information content (AvgIpc) is 2.01. The fourth-order valence-corrected chi connectivity index (χ4v) is 1.14. The Bertz CT molecular complexity index is 218. The molecule has 4 heteroatoms. The van der Waals surface area contributed by atoms with Gasteiger partial charge in [0.15, 0.2) is 14.0 Å². The van der Waals surface area contributed by atoms with E-state index in [1.165, 1.54) is 0 Å². The summed E-state index contributed by atoms with van der Waals surface area (Å²) in [5.74, 6) is 0.130. The van der Waals surface area contributed by atoms with E-state index in [-0.39, 0.29) is 5.78 Å². The van der Waals surface area contributed by atoms with Crippen LogP contribution in [0.4, 0.5) is 0 Å². The molecule has 0 spiro atoms. The molecule has 0 aliphatic rings. The Morgan fingerprint density at radius 1 is 1.38 bits per heavy atom. The van der Waals surface area contributed by atoms with Gasteiger partial charge in [-0.05, 0) is 6.92 Å². The fourth-order valence-electron chi connectivity index (χ4n) is 0.687. The van der Waals surface area contributed by atoms with Gasteiger partial charge in [-0.1, -0.05) is 26.6 Å². The van der Waals surface area contributed by atoms with Crippen LogP contribution in [0.15, 0.2) is 5.10 Å². The molecule has 0 aliphatic heterocycles. The smallest absolute Gasteiger partial charge is 0.178 e. The van der Waals surface area contributed by atoms with E-state index in [4.69, 9.17) is 0 Å². The summed E-state index contributed by atoms with van der Waals surface area (Å²) in [6.07, 6.45) is 0.537. The van der Waals surface area contributed by atoms with Crippen LogP contribution in [0.1, 0.15) is 20.3 Å². The lowest BCUT2D eigenvalue weighted by Crippen LogP contribution is -2.40. The van der Waals surface area contributed by atoms with Crippen LogP contribution < -0.4 is 0 Å². The number of Topliss-reactive ketones (excluding diaryl/α,β-unsaturated/α-hetero) is 1. The van der Waals surface area contributed by atoms with Crippen LogP contribution in [0.5, 0.6) is 0 Å². The number of carbonyl (C=O) groups is 1. The summed E-state index contributed by atoms with van der Waals surface area (Å²) < 4.78 is 1.95. The Labute approximate surface area is 81.9 Å². The maximum Gasteiger partial charge on any atom is 0.178 e. The lowest BCUT2D eigenvalue weighted by Gasteiger charge is -2.27. The van der Waals surface area contributed by atoms with Gasteiger partial charge >= 0.3 is 0 Å². The number of nitrogens with zero attached hydrogens (tertiary/aromatic N) is 2. The molecule has 0 heterocycles. The van der Waals surface area contributed by atoms with Crippen LogP contribution in [0, 0.1) is 0 Å². The van der Waals surface area contributed by atoms with E-state index >= 15 is 0 Å². The van der Waals surface area contributed by atoms with Crippen molar-refractivity contribution in [2.24, 2.45) is 5.10 Å². The van der Waals surface area contributed by atoms with Crippen molar-refractivity contribution in [3.63, 3.8) is 0 Å². The summed E-state index contributed by atoms with van der Waals surface area (Å²) in [5.41, 5.74) is 0.618. The Hall–Kier alpha value is -0.643. The number of carbonyl (C=O) groups excluding carboxylic acids is 1. The van der Waals surface area contributed by atoms with Gasteiger partial charge in [-0.3, -0.25) is 4.79 Å². The first-order valence-electron chi connectivity index (χ1n) is 4.61. The SMILES string of the molecule is CCC(=O)/C(C)=N/N(C)[Si](C)(C)C. The number of hydrazone groups is 1. The third kappa shape index (κ3) is 4.22. The van der Waals surface area contributed by atoms with Crippen molar-refractivity contribution in [1.29, 1.82) is 0 Å². The number of ketones is 1. The van der Waals surface area contributed by atoms with Crippen LogP contribution in [0.25, 0.3) is 0 Å². The zero-order valence-electron chi connectivity index (χ0n) is 9.51. The van der Waals surface area contributed by atoms with Crippen molar-refractivity contribution in [3.05, 3.63) is 0 Å². The first-order chi connectivity index (χ1) is 5.79. The highest BCUT2D eigenvalue weighted by Gasteiger charge is 2.19. The summed E-state index contributed by atoms with van der Waals surface area (Å²) in [5, 5.41) is 4.28. The van der Waals surface area contributed by atoms with Gasteiger partial charge in [-0.2, -0.15) is 5.10 Å². The van der Waals surface area contributed by atoms with Gasteiger partial charge in [-0.25, -0.2) is 0 Å². The maximum absolute atomic E-state index is 11.2. The van der Waals surface area contributed by atoms with E-state index in [0.29, 0.717) is 12.1 Å². The molecule has 0 N–H and O–H groups in total. The number of rotatable bonds is 4. The van der Waals surface area contributed by atoms with E-state index in [1.54, 1.807) is 6.92 Å².